The van der Waals surface area contributed by atoms with Gasteiger partial charge in [-0.15, -0.1) is 0 Å². The van der Waals surface area contributed by atoms with Gasteiger partial charge in [-0.3, -0.25) is 4.68 Å². The minimum Gasteiger partial charge on any atom is -0.399 e. The van der Waals surface area contributed by atoms with E-state index in [0.29, 0.717) is 34.4 Å². The van der Waals surface area contributed by atoms with Gasteiger partial charge in [0.15, 0.2) is 5.82 Å². The number of nitrogen functional groups attached to an aromatic ring is 2. The van der Waals surface area contributed by atoms with Gasteiger partial charge < -0.3 is 11.5 Å². The van der Waals surface area contributed by atoms with Crippen molar-refractivity contribution in [3.05, 3.63) is 101 Å². The van der Waals surface area contributed by atoms with E-state index >= 15 is 4.39 Å². The van der Waals surface area contributed by atoms with Gasteiger partial charge in [-0.25, -0.2) is 14.4 Å². The topological polar surface area (TPSA) is 95.6 Å². The van der Waals surface area contributed by atoms with Gasteiger partial charge in [0.25, 0.3) is 0 Å². The molecule has 0 aliphatic heterocycles. The molecule has 5 aromatic rings. The second-order valence-electron chi connectivity index (χ2n) is 8.79. The lowest BCUT2D eigenvalue weighted by atomic mass is 9.91. The Bertz CT molecular complexity index is 1560. The smallest absolute Gasteiger partial charge is 0.181 e. The normalized spacial score (nSPS) is 12.2. The van der Waals surface area contributed by atoms with Crippen molar-refractivity contribution in [3.63, 3.8) is 0 Å². The van der Waals surface area contributed by atoms with Crippen LogP contribution < -0.4 is 11.5 Å². The second-order valence-corrected chi connectivity index (χ2v) is 8.79. The zero-order valence-corrected chi connectivity index (χ0v) is 20.0. The van der Waals surface area contributed by atoms with Crippen LogP contribution in [-0.4, -0.2) is 19.7 Å². The van der Waals surface area contributed by atoms with Crippen molar-refractivity contribution in [2.75, 3.05) is 11.5 Å². The predicted molar refractivity (Wildman–Crippen MR) is 138 cm³/mol. The molecule has 5 rings (SSSR count). The van der Waals surface area contributed by atoms with Crippen LogP contribution >= 0.6 is 0 Å². The molecule has 1 atom stereocenters. The number of benzene rings is 3. The Morgan fingerprint density at radius 2 is 1.77 bits per heavy atom. The Morgan fingerprint density at radius 3 is 2.54 bits per heavy atom. The number of nitrogens with zero attached hydrogens (tertiary/aromatic N) is 4. The van der Waals surface area contributed by atoms with Crippen LogP contribution in [0.15, 0.2) is 66.7 Å². The van der Waals surface area contributed by atoms with Gasteiger partial charge in [0, 0.05) is 29.2 Å². The van der Waals surface area contributed by atoms with Gasteiger partial charge in [-0.1, -0.05) is 43.3 Å². The van der Waals surface area contributed by atoms with Crippen LogP contribution in [0.4, 0.5) is 15.9 Å². The number of halogens is 1. The van der Waals surface area contributed by atoms with Crippen LogP contribution in [0.3, 0.4) is 0 Å². The van der Waals surface area contributed by atoms with Crippen LogP contribution in [0, 0.1) is 12.7 Å². The molecule has 4 N–H and O–H groups in total. The number of aryl methyl sites for hydroxylation is 3. The zero-order valence-electron chi connectivity index (χ0n) is 20.0. The minimum atomic E-state index is -0.620. The fourth-order valence-corrected chi connectivity index (χ4v) is 4.52. The van der Waals surface area contributed by atoms with Gasteiger partial charge in [0.2, 0.25) is 0 Å². The molecular weight excluding hydrogens is 439 g/mol. The number of fused-ring (bicyclic) bond motifs is 1. The Balaban J connectivity index is 1.77. The molecule has 0 radical (unpaired) electrons. The van der Waals surface area contributed by atoms with E-state index in [1.54, 1.807) is 16.8 Å². The molecule has 2 aromatic heterocycles. The highest BCUT2D eigenvalue weighted by Crippen LogP contribution is 2.36. The van der Waals surface area contributed by atoms with Crippen molar-refractivity contribution >= 4 is 22.3 Å². The third-order valence-electron chi connectivity index (χ3n) is 6.42. The number of hydrogen-bond acceptors (Lipinski definition) is 5. The molecule has 176 valence electrons. The Kier molecular flexibility index (Phi) is 5.68. The summed E-state index contributed by atoms with van der Waals surface area (Å²) in [5.41, 5.74) is 17.1. The van der Waals surface area contributed by atoms with Crippen molar-refractivity contribution in [2.24, 2.45) is 7.05 Å². The van der Waals surface area contributed by atoms with Crippen molar-refractivity contribution < 1.29 is 4.39 Å². The molecule has 2 heterocycles. The van der Waals surface area contributed by atoms with E-state index in [4.69, 9.17) is 21.4 Å². The molecule has 0 spiro atoms. The number of pyridine rings is 1. The summed E-state index contributed by atoms with van der Waals surface area (Å²) in [5.74, 6) is 0.558. The van der Waals surface area contributed by atoms with Crippen molar-refractivity contribution in [1.29, 1.82) is 0 Å². The van der Waals surface area contributed by atoms with E-state index in [1.165, 1.54) is 6.07 Å². The van der Waals surface area contributed by atoms with E-state index in [9.17, 15) is 0 Å². The summed E-state index contributed by atoms with van der Waals surface area (Å²) >= 11 is 0. The molecule has 0 aliphatic rings. The molecule has 0 saturated heterocycles. The fourth-order valence-electron chi connectivity index (χ4n) is 4.52. The van der Waals surface area contributed by atoms with E-state index in [1.807, 2.05) is 69.4 Å². The first-order valence-corrected chi connectivity index (χ1v) is 11.6. The molecule has 35 heavy (non-hydrogen) atoms. The maximum absolute atomic E-state index is 15.4. The summed E-state index contributed by atoms with van der Waals surface area (Å²) in [5, 5.41) is 6.32. The van der Waals surface area contributed by atoms with Gasteiger partial charge in [0.05, 0.1) is 11.6 Å². The van der Waals surface area contributed by atoms with Gasteiger partial charge in [-0.2, -0.15) is 5.10 Å². The molecule has 0 fully saturated rings. The lowest BCUT2D eigenvalue weighted by Crippen LogP contribution is -2.14. The van der Waals surface area contributed by atoms with Crippen LogP contribution in [-0.2, 0) is 13.5 Å². The van der Waals surface area contributed by atoms with E-state index in [2.05, 4.69) is 5.10 Å². The number of aromatic nitrogens is 4. The average Bonchev–Trinajstić information content (AvgIpc) is 3.21. The SMILES string of the molecule is CCc1ccc(F)c(C(c2cc3cc(N)ccc3c(N)n2)c2nc(-c3ccccc3C)nn2C)c1. The Morgan fingerprint density at radius 1 is 0.971 bits per heavy atom. The van der Waals surface area contributed by atoms with Gasteiger partial charge in [0.1, 0.15) is 17.5 Å². The highest BCUT2D eigenvalue weighted by atomic mass is 19.1. The highest BCUT2D eigenvalue weighted by molar-refractivity contribution is 5.93. The molecular formula is C28H27FN6. The quantitative estimate of drug-likeness (QED) is 0.339. The number of nitrogens with two attached hydrogens (primary N) is 2. The second kappa shape index (κ2) is 8.83. The third-order valence-corrected chi connectivity index (χ3v) is 6.42. The monoisotopic (exact) mass is 466 g/mol. The summed E-state index contributed by atoms with van der Waals surface area (Å²) in [4.78, 5) is 9.61. The van der Waals surface area contributed by atoms with Gasteiger partial charge >= 0.3 is 0 Å². The van der Waals surface area contributed by atoms with Gasteiger partial charge in [-0.05, 0) is 60.2 Å². The summed E-state index contributed by atoms with van der Waals surface area (Å²) in [6, 6.07) is 20.5. The molecule has 6 nitrogen and oxygen atoms in total. The van der Waals surface area contributed by atoms with Crippen LogP contribution in [0.2, 0.25) is 0 Å². The standard InChI is InChI=1S/C28H27FN6/c1-4-17-9-12-23(29)22(13-17)25(24-15-18-14-19(30)10-11-21(18)26(31)32-24)28-33-27(34-35(28)3)20-8-6-5-7-16(20)2/h5-15,25H,4,30H2,1-3H3,(H2,31,32). The lowest BCUT2D eigenvalue weighted by molar-refractivity contribution is 0.591. The summed E-state index contributed by atoms with van der Waals surface area (Å²) in [6.07, 6.45) is 0.775. The molecule has 0 amide bonds. The van der Waals surface area contributed by atoms with Crippen molar-refractivity contribution in [2.45, 2.75) is 26.2 Å². The summed E-state index contributed by atoms with van der Waals surface area (Å²) in [7, 11) is 1.82. The minimum absolute atomic E-state index is 0.333. The maximum atomic E-state index is 15.4. The largest absolute Gasteiger partial charge is 0.399 e. The highest BCUT2D eigenvalue weighted by Gasteiger charge is 2.28. The van der Waals surface area contributed by atoms with Crippen LogP contribution in [0.1, 0.15) is 41.1 Å². The Hall–Kier alpha value is -4.26. The number of anilines is 2. The van der Waals surface area contributed by atoms with Crippen molar-refractivity contribution in [3.8, 4) is 11.4 Å². The summed E-state index contributed by atoms with van der Waals surface area (Å²) in [6.45, 7) is 4.06. The fraction of sp³-hybridized carbons (Fsp3) is 0.179. The molecule has 1 unspecified atom stereocenters. The molecule has 3 aromatic carbocycles. The predicted octanol–water partition coefficient (Wildman–Crippen LogP) is 5.38. The van der Waals surface area contributed by atoms with E-state index < -0.39 is 5.92 Å². The third kappa shape index (κ3) is 4.10. The first kappa shape index (κ1) is 22.5. The van der Waals surface area contributed by atoms with Crippen molar-refractivity contribution in [1.82, 2.24) is 19.7 Å². The molecule has 7 heteroatoms. The Labute approximate surface area is 203 Å². The zero-order chi connectivity index (χ0) is 24.7. The first-order valence-electron chi connectivity index (χ1n) is 11.6. The number of hydrogen-bond donors (Lipinski definition) is 2. The molecule has 0 bridgehead atoms. The first-order chi connectivity index (χ1) is 16.9. The lowest BCUT2D eigenvalue weighted by Gasteiger charge is -2.19. The van der Waals surface area contributed by atoms with E-state index in [-0.39, 0.29) is 5.82 Å². The van der Waals surface area contributed by atoms with Crippen LogP contribution in [0.5, 0.6) is 0 Å². The summed E-state index contributed by atoms with van der Waals surface area (Å²) < 4.78 is 17.1. The average molecular weight is 467 g/mol. The van der Waals surface area contributed by atoms with E-state index in [0.717, 1.165) is 33.9 Å². The number of rotatable bonds is 5. The maximum Gasteiger partial charge on any atom is 0.181 e. The molecule has 0 saturated carbocycles. The molecule has 0 aliphatic carbocycles. The van der Waals surface area contributed by atoms with Crippen LogP contribution in [0.25, 0.3) is 22.2 Å².